The molecule has 0 saturated carbocycles. The Hall–Kier alpha value is -12.7. The number of guanidine groups is 1. The first kappa shape index (κ1) is 111. The maximum absolute atomic E-state index is 14.8. The molecule has 0 aliphatic heterocycles. The highest BCUT2D eigenvalue weighted by molar-refractivity contribution is 7.98. The monoisotopic (exact) mass is 1810 g/mol. The number of carboxylic acids is 5. The molecule has 34 N–H and O–H groups in total. The van der Waals surface area contributed by atoms with Crippen LogP contribution in [0.3, 0.4) is 0 Å². The van der Waals surface area contributed by atoms with Crippen molar-refractivity contribution in [1.29, 1.82) is 5.41 Å². The van der Waals surface area contributed by atoms with Gasteiger partial charge in [-0.1, -0.05) is 36.8 Å². The third kappa shape index (κ3) is 45.6. The molecule has 0 radical (unpaired) electrons. The first-order valence-electron chi connectivity index (χ1n) is 39.9. The zero-order valence-corrected chi connectivity index (χ0v) is 71.4. The number of aliphatic hydroxyl groups is 2. The molecule has 0 aliphatic carbocycles. The Balaban J connectivity index is 0.0000194. The number of benzene rings is 1. The Kier molecular flexibility index (Phi) is 52.9. The van der Waals surface area contributed by atoms with Gasteiger partial charge in [0.1, 0.15) is 84.6 Å². The number of primary amides is 1. The molecule has 1 heterocycles. The highest BCUT2D eigenvalue weighted by Gasteiger charge is 2.39. The van der Waals surface area contributed by atoms with Crippen LogP contribution in [0.1, 0.15) is 149 Å². The largest absolute Gasteiger partial charge is 0.481 e. The van der Waals surface area contributed by atoms with Gasteiger partial charge < -0.3 is 149 Å². The summed E-state index contributed by atoms with van der Waals surface area (Å²) < 4.78 is 0. The number of nitrogens with one attached hydrogen (secondary N) is 17. The van der Waals surface area contributed by atoms with Gasteiger partial charge in [-0.2, -0.15) is 11.8 Å². The van der Waals surface area contributed by atoms with Crippen LogP contribution < -0.4 is 108 Å². The van der Waals surface area contributed by atoms with Gasteiger partial charge in [0.2, 0.25) is 88.6 Å². The topological polar surface area (TPSA) is 846 Å². The number of aliphatic hydroxyl groups excluding tert-OH is 2. The summed E-state index contributed by atoms with van der Waals surface area (Å²) in [5.74, 6) is -23.7. The number of amides is 15. The minimum Gasteiger partial charge on any atom is -0.481 e. The Labute approximate surface area is 728 Å². The minimum absolute atomic E-state index is 0.103. The first-order valence-corrected chi connectivity index (χ1v) is 41.3. The molecule has 0 fully saturated rings. The van der Waals surface area contributed by atoms with Gasteiger partial charge >= 0.3 is 23.9 Å². The van der Waals surface area contributed by atoms with Crippen LogP contribution in [0.2, 0.25) is 0 Å². The normalized spacial score (nSPS) is 14.7. The lowest BCUT2D eigenvalue weighted by Gasteiger charge is -2.28. The second-order valence-corrected chi connectivity index (χ2v) is 29.9. The molecule has 51 heteroatoms. The summed E-state index contributed by atoms with van der Waals surface area (Å²) in [6.45, 7) is 5.00. The van der Waals surface area contributed by atoms with E-state index in [-0.39, 0.29) is 69.5 Å². The number of thioether (sulfide) groups is 1. The SMILES string of the molecule is CC(=O)O.CSCC[C@H](NC(=O)[C@H](Cc1cnc[nH]1)NC(=O)[C@H](CCC(N)=O)NC(=O)[C@H](CCCNC(=N)N)NC(=O)[C@H](CCC(=O)O)NC(=O)[C@H](Cc1ccccc1)NC(=O)[C@H](CCCCN)NC(=O)[C@H](C)NC(=O)[C@H](C)NC(=O)[C@H](C)NC(=O)[C@@H](NC(=O)[C@H](CCC(=O)O)NC(=O)[C@@H](N)CCCCN)[C@@H](C)O)C(=O)N[C@@H](CC(=O)O)C(=O)N[C@@H](CO)C(=O)O. The number of aliphatic carboxylic acids is 5. The Morgan fingerprint density at radius 2 is 0.817 bits per heavy atom. The van der Waals surface area contributed by atoms with Crippen LogP contribution in [0, 0.1) is 5.41 Å². The van der Waals surface area contributed by atoms with Gasteiger partial charge in [0.25, 0.3) is 5.97 Å². The van der Waals surface area contributed by atoms with Gasteiger partial charge in [-0.05, 0) is 129 Å². The number of imidazole rings is 1. The number of H-pyrrole nitrogens is 1. The van der Waals surface area contributed by atoms with Crippen LogP contribution in [0.4, 0.5) is 0 Å². The Morgan fingerprint density at radius 1 is 0.444 bits per heavy atom. The van der Waals surface area contributed by atoms with E-state index in [1.54, 1.807) is 36.6 Å². The number of hydrogen-bond acceptors (Lipinski definition) is 28. The minimum atomic E-state index is -1.97. The zero-order valence-electron chi connectivity index (χ0n) is 70.6. The summed E-state index contributed by atoms with van der Waals surface area (Å²) in [6, 6.07) is -16.8. The van der Waals surface area contributed by atoms with Crippen molar-refractivity contribution in [2.75, 3.05) is 38.2 Å². The molecule has 1 aromatic heterocycles. The lowest BCUT2D eigenvalue weighted by Crippen LogP contribution is -2.61. The second kappa shape index (κ2) is 59.9. The summed E-state index contributed by atoms with van der Waals surface area (Å²) >= 11 is 1.19. The number of carbonyl (C=O) groups is 20. The number of nitrogens with two attached hydrogens (primary N) is 5. The third-order valence-corrected chi connectivity index (χ3v) is 18.9. The van der Waals surface area contributed by atoms with Crippen molar-refractivity contribution in [3.05, 3.63) is 54.1 Å². The number of hydrogen-bond donors (Lipinski definition) is 29. The molecule has 0 saturated heterocycles. The summed E-state index contributed by atoms with van der Waals surface area (Å²) in [6.07, 6.45) is -2.37. The molecule has 16 atom stereocenters. The first-order chi connectivity index (χ1) is 59.3. The predicted octanol–water partition coefficient (Wildman–Crippen LogP) is -9.34. The van der Waals surface area contributed by atoms with E-state index in [9.17, 15) is 122 Å². The Morgan fingerprint density at radius 3 is 1.23 bits per heavy atom. The number of carbonyl (C=O) groups excluding carboxylic acids is 15. The predicted molar refractivity (Wildman–Crippen MR) is 447 cm³/mol. The molecule has 0 bridgehead atoms. The molecule has 2 rings (SSSR count). The van der Waals surface area contributed by atoms with Crippen molar-refractivity contribution in [2.45, 2.75) is 247 Å². The molecular weight excluding hydrogens is 1690 g/mol. The van der Waals surface area contributed by atoms with E-state index in [1.807, 2.05) is 5.32 Å². The fourth-order valence-corrected chi connectivity index (χ4v) is 11.8. The van der Waals surface area contributed by atoms with E-state index in [2.05, 4.69) is 84.4 Å². The van der Waals surface area contributed by atoms with E-state index in [0.29, 0.717) is 31.4 Å². The van der Waals surface area contributed by atoms with Crippen LogP contribution in [0.5, 0.6) is 0 Å². The number of aromatic amines is 1. The summed E-state index contributed by atoms with van der Waals surface area (Å²) in [7, 11) is 0. The number of unbranched alkanes of at least 4 members (excludes halogenated alkanes) is 2. The molecule has 15 amide bonds. The lowest BCUT2D eigenvalue weighted by atomic mass is 10.0. The molecule has 0 unspecified atom stereocenters. The van der Waals surface area contributed by atoms with Gasteiger partial charge in [0, 0.05) is 57.5 Å². The molecule has 0 aliphatic rings. The quantitative estimate of drug-likeness (QED) is 0.0166. The van der Waals surface area contributed by atoms with Gasteiger partial charge in [-0.25, -0.2) is 9.78 Å². The highest BCUT2D eigenvalue weighted by Crippen LogP contribution is 2.14. The molecule has 704 valence electrons. The van der Waals surface area contributed by atoms with Gasteiger partial charge in [-0.3, -0.25) is 96.5 Å². The fourth-order valence-electron chi connectivity index (χ4n) is 11.4. The van der Waals surface area contributed by atoms with Crippen molar-refractivity contribution >= 4 is 136 Å². The standard InChI is InChI=1S/C73H117N23O25S.C2H4O2/c1-36(83-59(107)37(2)85-71(119)57(39(4)98)96-67(115)47(21-24-55(102)103)87-61(109)42(76)16-9-11-26-74)58(106)84-38(3)60(108)86-43(17-10-12-27-75)63(111)92-49(30-40-14-7-6-8-15-40)68(116)90-46(20-23-54(100)101)64(112)88-44(18-13-28-81-73(78)79)62(110)89-45(19-22-53(77)99)65(113)93-50(31-41-33-80-35-82-41)69(117)91-48(25-29-122-5)66(114)94-51(32-56(104)105)70(118)95-52(34-97)72(120)121;1-2(3)4/h6-8,14-15,33,35-39,42-52,57,97-98H,9-13,16-32,34,74-76H2,1-5H3,(H2,77,99)(H,80,82)(H,83,107)(H,84,106)(H,85,119)(H,86,108)(H,87,109)(H,88,112)(H,89,110)(H,90,116)(H,91,117)(H,92,111)(H,93,113)(H,94,114)(H,95,118)(H,96,115)(H,100,101)(H,102,103)(H,104,105)(H,120,121)(H4,78,79,81);1H3,(H,3,4)/t36-,37-,38-,39+,42-,43-,44-,45-,46-,47-,48-,49-,50-,51-,52-,57-;/m0./s1. The maximum Gasteiger partial charge on any atom is 0.328 e. The summed E-state index contributed by atoms with van der Waals surface area (Å²) in [5, 5.41) is 109. The van der Waals surface area contributed by atoms with Crippen LogP contribution in [0.15, 0.2) is 42.9 Å². The van der Waals surface area contributed by atoms with Crippen molar-refractivity contribution in [2.24, 2.45) is 28.7 Å². The molecule has 126 heavy (non-hydrogen) atoms. The zero-order chi connectivity index (χ0) is 95.5. The number of nitrogens with zero attached hydrogens (tertiary/aromatic N) is 1. The van der Waals surface area contributed by atoms with Gasteiger partial charge in [-0.15, -0.1) is 0 Å². The molecular formula is C75H121N23O27S. The maximum atomic E-state index is 14.8. The van der Waals surface area contributed by atoms with Gasteiger partial charge in [0.05, 0.1) is 31.5 Å². The van der Waals surface area contributed by atoms with Crippen LogP contribution in [-0.2, 0) is 109 Å². The molecule has 0 spiro atoms. The lowest BCUT2D eigenvalue weighted by molar-refractivity contribution is -0.144. The van der Waals surface area contributed by atoms with Crippen LogP contribution >= 0.6 is 11.8 Å². The third-order valence-electron chi connectivity index (χ3n) is 18.3. The number of carboxylic acid groups (broad SMARTS) is 5. The second-order valence-electron chi connectivity index (χ2n) is 28.9. The van der Waals surface area contributed by atoms with Crippen molar-refractivity contribution in [1.82, 2.24) is 89.7 Å². The summed E-state index contributed by atoms with van der Waals surface area (Å²) in [4.78, 5) is 271. The van der Waals surface area contributed by atoms with Crippen molar-refractivity contribution < 1.29 is 132 Å². The molecule has 2 aromatic rings. The molecule has 1 aromatic carbocycles. The van der Waals surface area contributed by atoms with Gasteiger partial charge in [0.15, 0.2) is 5.96 Å². The van der Waals surface area contributed by atoms with E-state index >= 15 is 0 Å². The fraction of sp³-hybridized carbons (Fsp3) is 0.600. The van der Waals surface area contributed by atoms with E-state index in [0.717, 1.165) is 13.8 Å². The smallest absolute Gasteiger partial charge is 0.328 e. The number of aromatic nitrogens is 2. The van der Waals surface area contributed by atoms with Crippen molar-refractivity contribution in [3.8, 4) is 0 Å². The number of rotatable bonds is 61. The summed E-state index contributed by atoms with van der Waals surface area (Å²) in [5.41, 5.74) is 28.9. The Bertz CT molecular complexity index is 3980. The average molecular weight is 1810 g/mol. The van der Waals surface area contributed by atoms with E-state index in [1.165, 1.54) is 45.1 Å². The van der Waals surface area contributed by atoms with Crippen LogP contribution in [0.25, 0.3) is 0 Å². The van der Waals surface area contributed by atoms with E-state index in [4.69, 9.17) is 44.0 Å². The van der Waals surface area contributed by atoms with Crippen LogP contribution in [-0.4, -0.2) is 305 Å². The average Bonchev–Trinajstić information content (AvgIpc) is 1.16. The van der Waals surface area contributed by atoms with E-state index < -0.39 is 279 Å². The molecule has 50 nitrogen and oxygen atoms in total. The highest BCUT2D eigenvalue weighted by atomic mass is 32.2. The van der Waals surface area contributed by atoms with Crippen molar-refractivity contribution in [3.63, 3.8) is 0 Å².